The predicted octanol–water partition coefficient (Wildman–Crippen LogP) is 2.36. The summed E-state index contributed by atoms with van der Waals surface area (Å²) >= 11 is 0. The molecule has 0 spiro atoms. The van der Waals surface area contributed by atoms with Gasteiger partial charge in [-0.2, -0.15) is 5.10 Å². The zero-order valence-electron chi connectivity index (χ0n) is 17.7. The van der Waals surface area contributed by atoms with Crippen LogP contribution in [-0.2, 0) is 11.8 Å². The molecule has 2 heterocycles. The summed E-state index contributed by atoms with van der Waals surface area (Å²) in [5, 5.41) is 4.50. The van der Waals surface area contributed by atoms with Crippen LogP contribution in [0.15, 0.2) is 59.4 Å². The highest BCUT2D eigenvalue weighted by Crippen LogP contribution is 2.27. The van der Waals surface area contributed by atoms with E-state index in [2.05, 4.69) is 5.10 Å². The van der Waals surface area contributed by atoms with Gasteiger partial charge in [-0.3, -0.25) is 4.79 Å². The second-order valence-corrected chi connectivity index (χ2v) is 7.58. The molecule has 162 valence electrons. The normalized spacial score (nSPS) is 16.2. The molecule has 0 saturated carbocycles. The van der Waals surface area contributed by atoms with E-state index in [1.807, 2.05) is 30.3 Å². The van der Waals surface area contributed by atoms with Crippen LogP contribution in [0.4, 0.5) is 0 Å². The minimum absolute atomic E-state index is 0.0206. The lowest BCUT2D eigenvalue weighted by atomic mass is 9.97. The number of hydrogen-bond acceptors (Lipinski definition) is 5. The second kappa shape index (κ2) is 9.07. The van der Waals surface area contributed by atoms with Gasteiger partial charge in [-0.15, -0.1) is 0 Å². The van der Waals surface area contributed by atoms with Gasteiger partial charge in [0.1, 0.15) is 17.3 Å². The van der Waals surface area contributed by atoms with Gasteiger partial charge in [-0.05, 0) is 49.2 Å². The standard InChI is InChI=1S/C23H26N4O4/c1-25-23(29)27(18-8-4-3-5-9-18)22(24-25)17-7-6-14-26(15-17)21(28)16-31-20-12-10-19(30-2)11-13-20/h3-5,8-13,17H,6-7,14-16H2,1-2H3. The molecule has 8 nitrogen and oxygen atoms in total. The van der Waals surface area contributed by atoms with Crippen molar-refractivity contribution in [2.45, 2.75) is 18.8 Å². The first-order chi connectivity index (χ1) is 15.1. The number of aryl methyl sites for hydroxylation is 1. The van der Waals surface area contributed by atoms with E-state index in [0.29, 0.717) is 24.7 Å². The van der Waals surface area contributed by atoms with E-state index < -0.39 is 0 Å². The van der Waals surface area contributed by atoms with Gasteiger partial charge in [-0.25, -0.2) is 14.0 Å². The summed E-state index contributed by atoms with van der Waals surface area (Å²) in [6.07, 6.45) is 1.71. The number of ether oxygens (including phenoxy) is 2. The summed E-state index contributed by atoms with van der Waals surface area (Å²) in [4.78, 5) is 27.3. The Morgan fingerprint density at radius 1 is 1.10 bits per heavy atom. The van der Waals surface area contributed by atoms with Gasteiger partial charge >= 0.3 is 5.69 Å². The first-order valence-corrected chi connectivity index (χ1v) is 10.3. The minimum Gasteiger partial charge on any atom is -0.497 e. The van der Waals surface area contributed by atoms with Crippen molar-refractivity contribution in [1.82, 2.24) is 19.2 Å². The maximum absolute atomic E-state index is 12.8. The summed E-state index contributed by atoms with van der Waals surface area (Å²) in [6, 6.07) is 16.6. The summed E-state index contributed by atoms with van der Waals surface area (Å²) in [5.41, 5.74) is 0.592. The Kier molecular flexibility index (Phi) is 6.06. The third-order valence-corrected chi connectivity index (χ3v) is 5.53. The zero-order valence-corrected chi connectivity index (χ0v) is 17.7. The molecular weight excluding hydrogens is 396 g/mol. The fourth-order valence-corrected chi connectivity index (χ4v) is 3.89. The van der Waals surface area contributed by atoms with Crippen molar-refractivity contribution in [3.63, 3.8) is 0 Å². The molecule has 2 aromatic carbocycles. The number of carbonyl (C=O) groups excluding carboxylic acids is 1. The van der Waals surface area contributed by atoms with E-state index in [9.17, 15) is 9.59 Å². The van der Waals surface area contributed by atoms with Crippen molar-refractivity contribution in [3.8, 4) is 17.2 Å². The lowest BCUT2D eigenvalue weighted by molar-refractivity contribution is -0.134. The van der Waals surface area contributed by atoms with Crippen LogP contribution in [0, 0.1) is 0 Å². The number of hydrogen-bond donors (Lipinski definition) is 0. The van der Waals surface area contributed by atoms with Crippen LogP contribution in [0.3, 0.4) is 0 Å². The van der Waals surface area contributed by atoms with Crippen molar-refractivity contribution < 1.29 is 14.3 Å². The molecule has 1 amide bonds. The maximum atomic E-state index is 12.8. The predicted molar refractivity (Wildman–Crippen MR) is 116 cm³/mol. The van der Waals surface area contributed by atoms with Crippen LogP contribution in [-0.4, -0.2) is 52.0 Å². The van der Waals surface area contributed by atoms with Crippen molar-refractivity contribution in [2.24, 2.45) is 7.05 Å². The van der Waals surface area contributed by atoms with Crippen molar-refractivity contribution in [2.75, 3.05) is 26.8 Å². The van der Waals surface area contributed by atoms with Gasteiger partial charge < -0.3 is 14.4 Å². The highest BCUT2D eigenvalue weighted by molar-refractivity contribution is 5.78. The Hall–Kier alpha value is -3.55. The molecule has 0 N–H and O–H groups in total. The average molecular weight is 422 g/mol. The molecule has 3 aromatic rings. The molecule has 31 heavy (non-hydrogen) atoms. The van der Waals surface area contributed by atoms with Crippen molar-refractivity contribution >= 4 is 5.91 Å². The number of carbonyl (C=O) groups is 1. The molecule has 0 radical (unpaired) electrons. The van der Waals surface area contributed by atoms with Crippen LogP contribution < -0.4 is 15.2 Å². The lowest BCUT2D eigenvalue weighted by Gasteiger charge is -2.32. The minimum atomic E-state index is -0.188. The third-order valence-electron chi connectivity index (χ3n) is 5.53. The van der Waals surface area contributed by atoms with Crippen LogP contribution in [0.5, 0.6) is 11.5 Å². The van der Waals surface area contributed by atoms with Gasteiger partial charge in [0.25, 0.3) is 5.91 Å². The SMILES string of the molecule is COc1ccc(OCC(=O)N2CCCC(c3nn(C)c(=O)n3-c3ccccc3)C2)cc1. The van der Waals surface area contributed by atoms with E-state index in [-0.39, 0.29) is 24.1 Å². The molecule has 1 saturated heterocycles. The first kappa shape index (κ1) is 20.7. The number of rotatable bonds is 6. The van der Waals surface area contributed by atoms with Crippen LogP contribution in [0.1, 0.15) is 24.6 Å². The molecule has 1 fully saturated rings. The van der Waals surface area contributed by atoms with Crippen LogP contribution in [0.25, 0.3) is 5.69 Å². The molecule has 8 heteroatoms. The van der Waals surface area contributed by atoms with E-state index in [4.69, 9.17) is 9.47 Å². The number of likely N-dealkylation sites (tertiary alicyclic amines) is 1. The number of benzene rings is 2. The average Bonchev–Trinajstić information content (AvgIpc) is 3.12. The molecule has 1 aliphatic heterocycles. The van der Waals surface area contributed by atoms with Crippen molar-refractivity contribution in [1.29, 1.82) is 0 Å². The van der Waals surface area contributed by atoms with Gasteiger partial charge in [-0.1, -0.05) is 18.2 Å². The topological polar surface area (TPSA) is 78.6 Å². The number of para-hydroxylation sites is 1. The highest BCUT2D eigenvalue weighted by atomic mass is 16.5. The van der Waals surface area contributed by atoms with E-state index in [0.717, 1.165) is 24.3 Å². The molecule has 1 atom stereocenters. The molecule has 1 aromatic heterocycles. The van der Waals surface area contributed by atoms with Crippen molar-refractivity contribution in [3.05, 3.63) is 70.9 Å². The molecule has 4 rings (SSSR count). The smallest absolute Gasteiger partial charge is 0.350 e. The fraction of sp³-hybridized carbons (Fsp3) is 0.348. The lowest BCUT2D eigenvalue weighted by Crippen LogP contribution is -2.42. The summed E-state index contributed by atoms with van der Waals surface area (Å²) in [5.74, 6) is 1.94. The Morgan fingerprint density at radius 3 is 2.52 bits per heavy atom. The summed E-state index contributed by atoms with van der Waals surface area (Å²) < 4.78 is 13.8. The van der Waals surface area contributed by atoms with Gasteiger partial charge in [0.15, 0.2) is 6.61 Å². The van der Waals surface area contributed by atoms with Crippen LogP contribution in [0.2, 0.25) is 0 Å². The number of amides is 1. The number of nitrogens with zero attached hydrogens (tertiary/aromatic N) is 4. The summed E-state index contributed by atoms with van der Waals surface area (Å²) in [7, 11) is 3.25. The largest absolute Gasteiger partial charge is 0.497 e. The zero-order chi connectivity index (χ0) is 21.8. The quantitative estimate of drug-likeness (QED) is 0.609. The monoisotopic (exact) mass is 422 g/mol. The molecular formula is C23H26N4O4. The van der Waals surface area contributed by atoms with E-state index in [1.165, 1.54) is 4.68 Å². The Bertz CT molecular complexity index is 1090. The number of methoxy groups -OCH3 is 1. The molecule has 0 bridgehead atoms. The molecule has 1 unspecified atom stereocenters. The molecule has 1 aliphatic rings. The Morgan fingerprint density at radius 2 is 1.81 bits per heavy atom. The van der Waals surface area contributed by atoms with Gasteiger partial charge in [0.05, 0.1) is 12.8 Å². The second-order valence-electron chi connectivity index (χ2n) is 7.58. The summed E-state index contributed by atoms with van der Waals surface area (Å²) in [6.45, 7) is 1.14. The van der Waals surface area contributed by atoms with Gasteiger partial charge in [0, 0.05) is 26.1 Å². The highest BCUT2D eigenvalue weighted by Gasteiger charge is 2.29. The Labute approximate surface area is 180 Å². The Balaban J connectivity index is 1.47. The number of piperidine rings is 1. The van der Waals surface area contributed by atoms with Gasteiger partial charge in [0.2, 0.25) is 0 Å². The fourth-order valence-electron chi connectivity index (χ4n) is 3.89. The van der Waals surface area contributed by atoms with E-state index >= 15 is 0 Å². The van der Waals surface area contributed by atoms with E-state index in [1.54, 1.807) is 47.9 Å². The molecule has 0 aliphatic carbocycles. The van der Waals surface area contributed by atoms with Crippen LogP contribution >= 0.6 is 0 Å². The first-order valence-electron chi connectivity index (χ1n) is 10.3. The third kappa shape index (κ3) is 4.47. The number of aromatic nitrogens is 3. The maximum Gasteiger partial charge on any atom is 0.350 e.